The van der Waals surface area contributed by atoms with Crippen LogP contribution in [0.2, 0.25) is 0 Å². The molecule has 0 unspecified atom stereocenters. The first kappa shape index (κ1) is 14.4. The smallest absolute Gasteiger partial charge is 0.224 e. The Kier molecular flexibility index (Phi) is 3.71. The summed E-state index contributed by atoms with van der Waals surface area (Å²) >= 11 is 0. The third-order valence-corrected chi connectivity index (χ3v) is 3.96. The number of benzene rings is 1. The van der Waals surface area contributed by atoms with Gasteiger partial charge in [-0.3, -0.25) is 4.79 Å². The summed E-state index contributed by atoms with van der Waals surface area (Å²) in [6.45, 7) is 3.77. The Morgan fingerprint density at radius 1 is 1.32 bits per heavy atom. The number of amides is 1. The van der Waals surface area contributed by atoms with Crippen molar-refractivity contribution in [3.8, 4) is 0 Å². The Balaban J connectivity index is 1.66. The zero-order valence-electron chi connectivity index (χ0n) is 13.0. The van der Waals surface area contributed by atoms with E-state index in [9.17, 15) is 4.79 Å². The van der Waals surface area contributed by atoms with Gasteiger partial charge in [-0.25, -0.2) is 0 Å². The highest BCUT2D eigenvalue weighted by Crippen LogP contribution is 2.20. The molecule has 2 aromatic heterocycles. The van der Waals surface area contributed by atoms with E-state index in [2.05, 4.69) is 16.5 Å². The topological polar surface area (TPSA) is 60.1 Å². The van der Waals surface area contributed by atoms with Crippen molar-refractivity contribution < 1.29 is 9.32 Å². The molecule has 3 rings (SSSR count). The van der Waals surface area contributed by atoms with Gasteiger partial charge < -0.3 is 14.4 Å². The summed E-state index contributed by atoms with van der Waals surface area (Å²) in [4.78, 5) is 12.1. The number of hydrogen-bond acceptors (Lipinski definition) is 3. The van der Waals surface area contributed by atoms with Gasteiger partial charge in [0.1, 0.15) is 5.76 Å². The molecule has 114 valence electrons. The van der Waals surface area contributed by atoms with Gasteiger partial charge in [-0.15, -0.1) is 0 Å². The minimum absolute atomic E-state index is 0.00596. The van der Waals surface area contributed by atoms with Gasteiger partial charge in [0, 0.05) is 36.4 Å². The van der Waals surface area contributed by atoms with Crippen LogP contribution in [0.5, 0.6) is 0 Å². The number of carbonyl (C=O) groups excluding carboxylic acids is 1. The highest BCUT2D eigenvalue weighted by molar-refractivity contribution is 5.93. The van der Waals surface area contributed by atoms with Crippen LogP contribution in [0.25, 0.3) is 10.9 Å². The Morgan fingerprint density at radius 2 is 2.14 bits per heavy atom. The van der Waals surface area contributed by atoms with Crippen molar-refractivity contribution in [2.24, 2.45) is 7.05 Å². The molecule has 5 heteroatoms. The molecule has 0 aliphatic heterocycles. The van der Waals surface area contributed by atoms with E-state index in [0.717, 1.165) is 33.6 Å². The number of aromatic nitrogens is 2. The summed E-state index contributed by atoms with van der Waals surface area (Å²) in [5, 5.41) is 8.02. The average Bonchev–Trinajstić information content (AvgIpc) is 3.01. The number of hydrogen-bond donors (Lipinski definition) is 1. The SMILES string of the molecule is Cc1noc(C)c1CCC(=O)Nc1ccc2ccn(C)c2c1. The maximum Gasteiger partial charge on any atom is 0.224 e. The van der Waals surface area contributed by atoms with Gasteiger partial charge in [0.25, 0.3) is 0 Å². The van der Waals surface area contributed by atoms with E-state index in [1.54, 1.807) is 0 Å². The van der Waals surface area contributed by atoms with Gasteiger partial charge in [0.15, 0.2) is 0 Å². The van der Waals surface area contributed by atoms with Crippen LogP contribution < -0.4 is 5.32 Å². The summed E-state index contributed by atoms with van der Waals surface area (Å²) < 4.78 is 7.15. The lowest BCUT2D eigenvalue weighted by Crippen LogP contribution is -2.12. The van der Waals surface area contributed by atoms with Crippen molar-refractivity contribution in [2.45, 2.75) is 26.7 Å². The molecule has 2 heterocycles. The van der Waals surface area contributed by atoms with Gasteiger partial charge in [-0.1, -0.05) is 11.2 Å². The molecular formula is C17H19N3O2. The summed E-state index contributed by atoms with van der Waals surface area (Å²) in [6.07, 6.45) is 3.06. The van der Waals surface area contributed by atoms with Crippen LogP contribution in [0.4, 0.5) is 5.69 Å². The van der Waals surface area contributed by atoms with Gasteiger partial charge in [0.05, 0.1) is 5.69 Å². The van der Waals surface area contributed by atoms with Crippen LogP contribution in [0.15, 0.2) is 35.0 Å². The molecule has 22 heavy (non-hydrogen) atoms. The Labute approximate surface area is 128 Å². The van der Waals surface area contributed by atoms with E-state index >= 15 is 0 Å². The predicted octanol–water partition coefficient (Wildman–Crippen LogP) is 3.35. The molecule has 1 amide bonds. The third-order valence-electron chi connectivity index (χ3n) is 3.96. The van der Waals surface area contributed by atoms with Crippen LogP contribution in [-0.2, 0) is 18.3 Å². The van der Waals surface area contributed by atoms with Crippen molar-refractivity contribution in [1.29, 1.82) is 0 Å². The summed E-state index contributed by atoms with van der Waals surface area (Å²) in [7, 11) is 1.99. The van der Waals surface area contributed by atoms with Crippen molar-refractivity contribution in [3.63, 3.8) is 0 Å². The minimum atomic E-state index is -0.00596. The van der Waals surface area contributed by atoms with Crippen LogP contribution in [0.3, 0.4) is 0 Å². The van der Waals surface area contributed by atoms with Crippen molar-refractivity contribution in [3.05, 3.63) is 47.5 Å². The fourth-order valence-corrected chi connectivity index (χ4v) is 2.66. The van der Waals surface area contributed by atoms with E-state index in [1.165, 1.54) is 0 Å². The molecule has 5 nitrogen and oxygen atoms in total. The fraction of sp³-hybridized carbons (Fsp3) is 0.294. The highest BCUT2D eigenvalue weighted by Gasteiger charge is 2.11. The van der Waals surface area contributed by atoms with Crippen molar-refractivity contribution in [1.82, 2.24) is 9.72 Å². The molecule has 0 bridgehead atoms. The van der Waals surface area contributed by atoms with E-state index in [4.69, 9.17) is 4.52 Å². The van der Waals surface area contributed by atoms with Crippen LogP contribution >= 0.6 is 0 Å². The number of fused-ring (bicyclic) bond motifs is 1. The van der Waals surface area contributed by atoms with Gasteiger partial charge >= 0.3 is 0 Å². The normalized spacial score (nSPS) is 11.0. The quantitative estimate of drug-likeness (QED) is 0.803. The molecule has 1 aromatic carbocycles. The van der Waals surface area contributed by atoms with Crippen LogP contribution in [-0.4, -0.2) is 15.6 Å². The molecule has 0 radical (unpaired) electrons. The number of rotatable bonds is 4. The number of nitrogens with one attached hydrogen (secondary N) is 1. The first-order valence-electron chi connectivity index (χ1n) is 7.31. The van der Waals surface area contributed by atoms with E-state index in [1.807, 2.05) is 49.9 Å². The fourth-order valence-electron chi connectivity index (χ4n) is 2.66. The summed E-state index contributed by atoms with van der Waals surface area (Å²) in [5.74, 6) is 0.782. The Bertz CT molecular complexity index is 810. The van der Waals surface area contributed by atoms with E-state index in [0.29, 0.717) is 12.8 Å². The zero-order valence-corrected chi connectivity index (χ0v) is 13.0. The van der Waals surface area contributed by atoms with Crippen LogP contribution in [0.1, 0.15) is 23.4 Å². The van der Waals surface area contributed by atoms with E-state index < -0.39 is 0 Å². The lowest BCUT2D eigenvalue weighted by molar-refractivity contribution is -0.116. The number of nitrogens with zero attached hydrogens (tertiary/aromatic N) is 2. The Hall–Kier alpha value is -2.56. The minimum Gasteiger partial charge on any atom is -0.361 e. The molecule has 0 aliphatic rings. The molecule has 0 fully saturated rings. The van der Waals surface area contributed by atoms with Gasteiger partial charge in [-0.2, -0.15) is 0 Å². The first-order valence-corrected chi connectivity index (χ1v) is 7.31. The maximum absolute atomic E-state index is 12.1. The largest absolute Gasteiger partial charge is 0.361 e. The number of anilines is 1. The second kappa shape index (κ2) is 5.67. The molecule has 0 saturated heterocycles. The molecule has 0 atom stereocenters. The third kappa shape index (κ3) is 2.74. The summed E-state index contributed by atoms with van der Waals surface area (Å²) in [5.41, 5.74) is 3.80. The standard InChI is InChI=1S/C17H19N3O2/c1-11-15(12(2)22-19-11)6-7-17(21)18-14-5-4-13-8-9-20(3)16(13)10-14/h4-5,8-10H,6-7H2,1-3H3,(H,18,21). The van der Waals surface area contributed by atoms with Crippen molar-refractivity contribution in [2.75, 3.05) is 5.32 Å². The Morgan fingerprint density at radius 3 is 2.86 bits per heavy atom. The second-order valence-electron chi connectivity index (χ2n) is 5.55. The molecule has 1 N–H and O–H groups in total. The molecule has 0 spiro atoms. The monoisotopic (exact) mass is 297 g/mol. The average molecular weight is 297 g/mol. The predicted molar refractivity (Wildman–Crippen MR) is 85.8 cm³/mol. The number of aryl methyl sites for hydroxylation is 3. The molecular weight excluding hydrogens is 278 g/mol. The first-order chi connectivity index (χ1) is 10.5. The maximum atomic E-state index is 12.1. The van der Waals surface area contributed by atoms with E-state index in [-0.39, 0.29) is 5.91 Å². The molecule has 3 aromatic rings. The lowest BCUT2D eigenvalue weighted by atomic mass is 10.1. The van der Waals surface area contributed by atoms with Gasteiger partial charge in [0.2, 0.25) is 5.91 Å². The highest BCUT2D eigenvalue weighted by atomic mass is 16.5. The molecule has 0 aliphatic carbocycles. The lowest BCUT2D eigenvalue weighted by Gasteiger charge is -2.06. The van der Waals surface area contributed by atoms with Crippen LogP contribution in [0, 0.1) is 13.8 Å². The second-order valence-corrected chi connectivity index (χ2v) is 5.55. The van der Waals surface area contributed by atoms with Crippen molar-refractivity contribution >= 4 is 22.5 Å². The zero-order chi connectivity index (χ0) is 15.7. The molecule has 0 saturated carbocycles. The summed E-state index contributed by atoms with van der Waals surface area (Å²) in [6, 6.07) is 7.98. The number of carbonyl (C=O) groups is 1. The van der Waals surface area contributed by atoms with Gasteiger partial charge in [-0.05, 0) is 43.9 Å².